The van der Waals surface area contributed by atoms with Crippen molar-refractivity contribution in [3.8, 4) is 0 Å². The fourth-order valence-corrected chi connectivity index (χ4v) is 5.34. The lowest BCUT2D eigenvalue weighted by molar-refractivity contribution is -0.159. The van der Waals surface area contributed by atoms with E-state index in [9.17, 15) is 9.90 Å². The van der Waals surface area contributed by atoms with Crippen LogP contribution in [0.3, 0.4) is 0 Å². The van der Waals surface area contributed by atoms with E-state index in [4.69, 9.17) is 39.9 Å². The number of unbranched alkanes of at least 4 members (excludes halogenated alkanes) is 5. The van der Waals surface area contributed by atoms with Crippen molar-refractivity contribution in [2.24, 2.45) is 10.8 Å². The summed E-state index contributed by atoms with van der Waals surface area (Å²) in [5.41, 5.74) is 0.829. The van der Waals surface area contributed by atoms with Crippen molar-refractivity contribution in [1.82, 2.24) is 0 Å². The molecule has 0 amide bonds. The predicted molar refractivity (Wildman–Crippen MR) is 163 cm³/mol. The third-order valence-corrected chi connectivity index (χ3v) is 7.41. The van der Waals surface area contributed by atoms with E-state index in [0.29, 0.717) is 23.9 Å². The smallest absolute Gasteiger partial charge is 0.481 e. The maximum atomic E-state index is 10.0. The Morgan fingerprint density at radius 1 is 0.463 bits per heavy atom. The minimum absolute atomic E-state index is 0.292. The molecule has 0 aromatic rings. The molecule has 6 N–H and O–H groups in total. The zero-order chi connectivity index (χ0) is 32.7. The van der Waals surface area contributed by atoms with E-state index in [-0.39, 0.29) is 0 Å². The van der Waals surface area contributed by atoms with Gasteiger partial charge in [0.05, 0.1) is 0 Å². The molecular weight excluding hydrogens is 532 g/mol. The zero-order valence-corrected chi connectivity index (χ0v) is 26.8. The van der Waals surface area contributed by atoms with Crippen molar-refractivity contribution in [3.05, 3.63) is 0 Å². The highest BCUT2D eigenvalue weighted by molar-refractivity contribution is 6.27. The summed E-state index contributed by atoms with van der Waals surface area (Å²) in [4.78, 5) is 36.4. The summed E-state index contributed by atoms with van der Waals surface area (Å²) in [7, 11) is 0. The predicted octanol–water partition coefficient (Wildman–Crippen LogP) is 8.54. The maximum absolute atomic E-state index is 10.0. The SMILES string of the molecule is CCCC(=O)O.CCCCC(CCO)(CCCC)C(CCCC)(CCCC)CCCC.O=C(O)C(=O)O.O=C(O)O. The van der Waals surface area contributed by atoms with Crippen molar-refractivity contribution < 1.29 is 49.8 Å². The van der Waals surface area contributed by atoms with Crippen LogP contribution in [0.2, 0.25) is 0 Å². The first-order chi connectivity index (χ1) is 19.3. The summed E-state index contributed by atoms with van der Waals surface area (Å²) < 4.78 is 0. The minimum atomic E-state index is -1.83. The van der Waals surface area contributed by atoms with Crippen LogP contribution in [0.1, 0.15) is 157 Å². The number of carboxylic acid groups (broad SMARTS) is 5. The first kappa shape index (κ1) is 45.6. The molecule has 0 unspecified atom stereocenters. The molecule has 0 aromatic carbocycles. The van der Waals surface area contributed by atoms with Crippen molar-refractivity contribution in [2.75, 3.05) is 6.61 Å². The van der Waals surface area contributed by atoms with E-state index in [0.717, 1.165) is 12.8 Å². The average Bonchev–Trinajstić information content (AvgIpc) is 2.90. The van der Waals surface area contributed by atoms with Crippen LogP contribution in [0, 0.1) is 10.8 Å². The molecule has 41 heavy (non-hydrogen) atoms. The topological polar surface area (TPSA) is 190 Å². The van der Waals surface area contributed by atoms with Gasteiger partial charge in [0, 0.05) is 13.0 Å². The van der Waals surface area contributed by atoms with Gasteiger partial charge in [-0.1, -0.05) is 106 Å². The standard InChI is InChI=1S/C24H50O.C4H8O2.C2H2O4.CH2O3/c1-6-11-16-23(17-12-7-2,18-13-8-3)24(21-22-25,19-14-9-4)20-15-10-5;1-2-3-4(5)6;3-1(4)2(5)6;2-1(3)4/h25H,6-22H2,1-5H3;2-3H2,1H3,(H,5,6);(H,3,4)(H,5,6);(H2,2,3,4). The Bertz CT molecular complexity index is 603. The molecule has 0 saturated heterocycles. The van der Waals surface area contributed by atoms with Gasteiger partial charge in [0.2, 0.25) is 0 Å². The van der Waals surface area contributed by atoms with Gasteiger partial charge in [-0.2, -0.15) is 0 Å². The maximum Gasteiger partial charge on any atom is 0.503 e. The molecule has 0 spiro atoms. The Morgan fingerprint density at radius 2 is 0.707 bits per heavy atom. The number of aliphatic hydroxyl groups excluding tert-OH is 1. The molecule has 0 aliphatic carbocycles. The van der Waals surface area contributed by atoms with Crippen molar-refractivity contribution in [1.29, 1.82) is 0 Å². The first-order valence-electron chi connectivity index (χ1n) is 15.5. The molecular formula is C31H62O10. The van der Waals surface area contributed by atoms with Gasteiger partial charge in [0.1, 0.15) is 0 Å². The van der Waals surface area contributed by atoms with Gasteiger partial charge in [-0.3, -0.25) is 4.79 Å². The van der Waals surface area contributed by atoms with Crippen LogP contribution < -0.4 is 0 Å². The number of rotatable bonds is 20. The largest absolute Gasteiger partial charge is 0.503 e. The van der Waals surface area contributed by atoms with Gasteiger partial charge >= 0.3 is 24.1 Å². The lowest BCUT2D eigenvalue weighted by atomic mass is 9.52. The second kappa shape index (κ2) is 30.6. The molecule has 0 aliphatic rings. The third kappa shape index (κ3) is 26.3. The fourth-order valence-electron chi connectivity index (χ4n) is 5.34. The fraction of sp³-hybridized carbons (Fsp3) is 0.871. The number of aliphatic hydroxyl groups is 1. The summed E-state index contributed by atoms with van der Waals surface area (Å²) >= 11 is 0. The monoisotopic (exact) mass is 594 g/mol. The molecule has 0 aliphatic heterocycles. The van der Waals surface area contributed by atoms with E-state index >= 15 is 0 Å². The van der Waals surface area contributed by atoms with E-state index in [1.165, 1.54) is 96.3 Å². The zero-order valence-electron chi connectivity index (χ0n) is 26.8. The molecule has 0 heterocycles. The van der Waals surface area contributed by atoms with E-state index in [1.807, 2.05) is 6.92 Å². The lowest BCUT2D eigenvalue weighted by Crippen LogP contribution is -2.43. The van der Waals surface area contributed by atoms with Gasteiger partial charge in [0.25, 0.3) is 0 Å². The van der Waals surface area contributed by atoms with Crippen LogP contribution >= 0.6 is 0 Å². The first-order valence-corrected chi connectivity index (χ1v) is 15.5. The quantitative estimate of drug-likeness (QED) is 0.0744. The Kier molecular flexibility index (Phi) is 34.0. The van der Waals surface area contributed by atoms with Crippen molar-refractivity contribution in [3.63, 3.8) is 0 Å². The highest BCUT2D eigenvalue weighted by Crippen LogP contribution is 2.58. The molecule has 10 heteroatoms. The van der Waals surface area contributed by atoms with Crippen LogP contribution in [0.4, 0.5) is 4.79 Å². The van der Waals surface area contributed by atoms with E-state index in [2.05, 4.69) is 34.6 Å². The second-order valence-corrected chi connectivity index (χ2v) is 10.6. The van der Waals surface area contributed by atoms with Gasteiger partial charge in [-0.05, 0) is 55.8 Å². The Hall–Kier alpha value is -2.36. The van der Waals surface area contributed by atoms with Crippen LogP contribution in [-0.4, -0.2) is 61.3 Å². The average molecular weight is 595 g/mol. The molecule has 246 valence electrons. The lowest BCUT2D eigenvalue weighted by Gasteiger charge is -2.53. The van der Waals surface area contributed by atoms with Gasteiger partial charge in [0.15, 0.2) is 0 Å². The Balaban J connectivity index is -0.000000345. The Morgan fingerprint density at radius 3 is 0.829 bits per heavy atom. The number of hydrogen-bond donors (Lipinski definition) is 6. The summed E-state index contributed by atoms with van der Waals surface area (Å²) in [5, 5.41) is 46.7. The number of aliphatic carboxylic acids is 3. The van der Waals surface area contributed by atoms with E-state index < -0.39 is 24.1 Å². The Labute approximate surface area is 248 Å². The van der Waals surface area contributed by atoms with Gasteiger partial charge < -0.3 is 30.6 Å². The van der Waals surface area contributed by atoms with Crippen molar-refractivity contribution >= 4 is 24.1 Å². The number of carbonyl (C=O) groups is 4. The molecule has 0 atom stereocenters. The summed E-state index contributed by atoms with van der Waals surface area (Å²) in [6, 6.07) is 0. The summed E-state index contributed by atoms with van der Waals surface area (Å²) in [6.45, 7) is 13.9. The molecule has 0 aromatic heterocycles. The molecule has 10 nitrogen and oxygen atoms in total. The minimum Gasteiger partial charge on any atom is -0.481 e. The molecule has 0 rings (SSSR count). The van der Waals surface area contributed by atoms with Crippen molar-refractivity contribution in [2.45, 2.75) is 157 Å². The molecule has 0 bridgehead atoms. The van der Waals surface area contributed by atoms with Crippen LogP contribution in [0.15, 0.2) is 0 Å². The molecule has 0 radical (unpaired) electrons. The van der Waals surface area contributed by atoms with Crippen LogP contribution in [-0.2, 0) is 14.4 Å². The highest BCUT2D eigenvalue weighted by atomic mass is 16.6. The normalized spacial score (nSPS) is 10.6. The number of hydrogen-bond acceptors (Lipinski definition) is 5. The second-order valence-electron chi connectivity index (χ2n) is 10.6. The highest BCUT2D eigenvalue weighted by Gasteiger charge is 2.47. The van der Waals surface area contributed by atoms with Crippen LogP contribution in [0.25, 0.3) is 0 Å². The van der Waals surface area contributed by atoms with Crippen LogP contribution in [0.5, 0.6) is 0 Å². The third-order valence-electron chi connectivity index (χ3n) is 7.41. The van der Waals surface area contributed by atoms with Gasteiger partial charge in [-0.15, -0.1) is 0 Å². The number of carboxylic acids is 3. The summed E-state index contributed by atoms with van der Waals surface area (Å²) in [6.07, 6.45) is 20.3. The molecule has 0 fully saturated rings. The summed E-state index contributed by atoms with van der Waals surface area (Å²) in [5.74, 6) is -4.36. The molecule has 0 saturated carbocycles. The van der Waals surface area contributed by atoms with Gasteiger partial charge in [-0.25, -0.2) is 14.4 Å². The van der Waals surface area contributed by atoms with E-state index in [1.54, 1.807) is 0 Å².